The third-order valence-corrected chi connectivity index (χ3v) is 5.63. The first-order valence-electron chi connectivity index (χ1n) is 8.29. The molecule has 7 nitrogen and oxygen atoms in total. The average Bonchev–Trinajstić information content (AvgIpc) is 3.12. The zero-order valence-electron chi connectivity index (χ0n) is 14.5. The molecule has 0 radical (unpaired) electrons. The van der Waals surface area contributed by atoms with Crippen molar-refractivity contribution < 1.29 is 19.3 Å². The van der Waals surface area contributed by atoms with E-state index in [4.69, 9.17) is 0 Å². The Balaban J connectivity index is 1.74. The van der Waals surface area contributed by atoms with E-state index in [1.54, 1.807) is 11.3 Å². The van der Waals surface area contributed by atoms with Crippen molar-refractivity contribution in [1.29, 1.82) is 0 Å². The Kier molecular flexibility index (Phi) is 4.82. The highest BCUT2D eigenvalue weighted by Gasteiger charge is 2.45. The van der Waals surface area contributed by atoms with Crippen molar-refractivity contribution in [3.63, 3.8) is 0 Å². The van der Waals surface area contributed by atoms with Crippen LogP contribution in [-0.4, -0.2) is 52.9 Å². The Morgan fingerprint density at radius 1 is 1.16 bits per heavy atom. The van der Waals surface area contributed by atoms with Crippen molar-refractivity contribution in [3.8, 4) is 0 Å². The van der Waals surface area contributed by atoms with Crippen LogP contribution in [-0.2, 0) is 9.59 Å². The molecule has 1 aliphatic heterocycles. The summed E-state index contributed by atoms with van der Waals surface area (Å²) in [6, 6.07) is 7.38. The van der Waals surface area contributed by atoms with Crippen molar-refractivity contribution in [1.82, 2.24) is 14.8 Å². The number of rotatable bonds is 6. The van der Waals surface area contributed by atoms with Gasteiger partial charge < -0.3 is 4.90 Å². The van der Waals surface area contributed by atoms with Gasteiger partial charge in [0.25, 0.3) is 0 Å². The molecule has 4 amide bonds. The Morgan fingerprint density at radius 3 is 2.52 bits per heavy atom. The van der Waals surface area contributed by atoms with E-state index >= 15 is 0 Å². The maximum atomic E-state index is 12.3. The molecule has 0 spiro atoms. The fourth-order valence-corrected chi connectivity index (χ4v) is 3.90. The number of hydrogen-bond acceptors (Lipinski definition) is 5. The van der Waals surface area contributed by atoms with E-state index in [1.807, 2.05) is 45.2 Å². The van der Waals surface area contributed by atoms with Crippen LogP contribution in [0.25, 0.3) is 10.2 Å². The number of hydrogen-bond donors (Lipinski definition) is 1. The predicted molar refractivity (Wildman–Crippen MR) is 94.0 cm³/mol. The summed E-state index contributed by atoms with van der Waals surface area (Å²) in [7, 11) is 1.89. The third-order valence-electron chi connectivity index (χ3n) is 4.41. The standard InChI is InChI=1S/C17H20N4O3S/c1-4-9-20-15(22)16(23)21(17(20)24)10-19(3)11(2)14-18-12-7-5-6-8-13(12)25-14/h5-8,11H,4,9-10H2,1-3H3/p+1/t11-/m1/s1. The van der Waals surface area contributed by atoms with E-state index in [0.717, 1.165) is 29.9 Å². The number of thiazole rings is 1. The molecule has 0 saturated carbocycles. The van der Waals surface area contributed by atoms with Gasteiger partial charge in [-0.05, 0) is 25.5 Å². The number of carbonyl (C=O) groups is 3. The molecule has 8 heteroatoms. The number of aromatic nitrogens is 1. The second-order valence-corrected chi connectivity index (χ2v) is 7.28. The number of imide groups is 2. The van der Waals surface area contributed by atoms with Gasteiger partial charge in [0.1, 0.15) is 6.04 Å². The summed E-state index contributed by atoms with van der Waals surface area (Å²) in [5.74, 6) is -1.47. The van der Waals surface area contributed by atoms with Crippen LogP contribution >= 0.6 is 11.3 Å². The van der Waals surface area contributed by atoms with Crippen molar-refractivity contribution >= 4 is 39.4 Å². The lowest BCUT2D eigenvalue weighted by molar-refractivity contribution is -0.917. The molecule has 1 fully saturated rings. The quantitative estimate of drug-likeness (QED) is 0.616. The van der Waals surface area contributed by atoms with Crippen LogP contribution in [0.4, 0.5) is 4.79 Å². The zero-order valence-corrected chi connectivity index (χ0v) is 15.3. The first kappa shape index (κ1) is 17.5. The minimum Gasteiger partial charge on any atom is -0.312 e. The highest BCUT2D eigenvalue weighted by molar-refractivity contribution is 7.18. The second kappa shape index (κ2) is 6.89. The number of nitrogens with zero attached hydrogens (tertiary/aromatic N) is 3. The lowest BCUT2D eigenvalue weighted by Gasteiger charge is -2.23. The minimum absolute atomic E-state index is 0.00618. The molecule has 2 heterocycles. The fourth-order valence-electron chi connectivity index (χ4n) is 2.78. The van der Waals surface area contributed by atoms with Crippen LogP contribution in [0.1, 0.15) is 31.3 Å². The molecule has 0 aliphatic carbocycles. The van der Waals surface area contributed by atoms with Gasteiger partial charge in [-0.2, -0.15) is 0 Å². The Bertz CT molecular complexity index is 801. The molecule has 2 atom stereocenters. The molecule has 1 aromatic carbocycles. The number of amides is 4. The fraction of sp³-hybridized carbons (Fsp3) is 0.412. The molecule has 0 bridgehead atoms. The van der Waals surface area contributed by atoms with Gasteiger partial charge in [-0.25, -0.2) is 14.7 Å². The van der Waals surface area contributed by atoms with E-state index in [2.05, 4.69) is 4.98 Å². The first-order chi connectivity index (χ1) is 11.9. The highest BCUT2D eigenvalue weighted by atomic mass is 32.1. The third kappa shape index (κ3) is 3.14. The van der Waals surface area contributed by atoms with Crippen LogP contribution in [0.2, 0.25) is 0 Å². The van der Waals surface area contributed by atoms with Crippen molar-refractivity contribution in [3.05, 3.63) is 29.3 Å². The number of carbonyl (C=O) groups excluding carboxylic acids is 3. The summed E-state index contributed by atoms with van der Waals surface area (Å²) in [6.07, 6.45) is 0.628. The monoisotopic (exact) mass is 361 g/mol. The number of quaternary nitrogens is 1. The summed E-state index contributed by atoms with van der Waals surface area (Å²) in [4.78, 5) is 44.0. The van der Waals surface area contributed by atoms with Crippen LogP contribution < -0.4 is 4.90 Å². The molecular formula is C17H21N4O3S+. The predicted octanol–water partition coefficient (Wildman–Crippen LogP) is 1.03. The van der Waals surface area contributed by atoms with Gasteiger partial charge in [-0.15, -0.1) is 11.3 Å². The van der Waals surface area contributed by atoms with Crippen LogP contribution in [0.5, 0.6) is 0 Å². The summed E-state index contributed by atoms with van der Waals surface area (Å²) in [5, 5.41) is 0.939. The molecule has 1 N–H and O–H groups in total. The topological polar surface area (TPSA) is 75.0 Å². The van der Waals surface area contributed by atoms with E-state index in [0.29, 0.717) is 6.42 Å². The Labute approximate surface area is 149 Å². The second-order valence-electron chi connectivity index (χ2n) is 6.22. The van der Waals surface area contributed by atoms with E-state index < -0.39 is 17.8 Å². The van der Waals surface area contributed by atoms with Crippen molar-refractivity contribution in [2.24, 2.45) is 0 Å². The summed E-state index contributed by atoms with van der Waals surface area (Å²) in [6.45, 7) is 4.27. The van der Waals surface area contributed by atoms with Gasteiger partial charge in [0.2, 0.25) is 0 Å². The van der Waals surface area contributed by atoms with E-state index in [9.17, 15) is 14.4 Å². The zero-order chi connectivity index (χ0) is 18.1. The van der Waals surface area contributed by atoms with Gasteiger partial charge in [-0.3, -0.25) is 14.5 Å². The largest absolute Gasteiger partial charge is 0.338 e. The van der Waals surface area contributed by atoms with Gasteiger partial charge in [0.15, 0.2) is 11.7 Å². The number of para-hydroxylation sites is 1. The van der Waals surface area contributed by atoms with Crippen LogP contribution in [0, 0.1) is 0 Å². The molecular weight excluding hydrogens is 340 g/mol. The normalized spacial score (nSPS) is 17.6. The lowest BCUT2D eigenvalue weighted by Crippen LogP contribution is -3.10. The smallest absolute Gasteiger partial charge is 0.312 e. The van der Waals surface area contributed by atoms with Crippen LogP contribution in [0.3, 0.4) is 0 Å². The molecule has 3 rings (SSSR count). The van der Waals surface area contributed by atoms with Crippen molar-refractivity contribution in [2.75, 3.05) is 20.3 Å². The van der Waals surface area contributed by atoms with Gasteiger partial charge >= 0.3 is 17.8 Å². The van der Waals surface area contributed by atoms with Crippen molar-refractivity contribution in [2.45, 2.75) is 26.3 Å². The minimum atomic E-state index is -0.741. The summed E-state index contributed by atoms with van der Waals surface area (Å²) in [5.41, 5.74) is 0.944. The Hall–Kier alpha value is -2.32. The SMILES string of the molecule is CCCN1C(=O)C(=O)N(C[NH+](C)[C@H](C)c2nc3ccccc3s2)C1=O. The van der Waals surface area contributed by atoms with Gasteiger partial charge in [0, 0.05) is 6.54 Å². The van der Waals surface area contributed by atoms with E-state index in [1.165, 1.54) is 0 Å². The molecule has 1 aliphatic rings. The maximum Gasteiger partial charge on any atom is 0.338 e. The molecule has 2 aromatic rings. The lowest BCUT2D eigenvalue weighted by atomic mass is 10.3. The molecule has 25 heavy (non-hydrogen) atoms. The molecule has 1 saturated heterocycles. The summed E-state index contributed by atoms with van der Waals surface area (Å²) < 4.78 is 1.11. The maximum absolute atomic E-state index is 12.3. The van der Waals surface area contributed by atoms with E-state index in [-0.39, 0.29) is 19.3 Å². The number of nitrogens with one attached hydrogen (secondary N) is 1. The number of benzene rings is 1. The first-order valence-corrected chi connectivity index (χ1v) is 9.10. The van der Waals surface area contributed by atoms with Crippen LogP contribution in [0.15, 0.2) is 24.3 Å². The van der Waals surface area contributed by atoms with Gasteiger partial charge in [0.05, 0.1) is 17.3 Å². The summed E-state index contributed by atoms with van der Waals surface area (Å²) >= 11 is 1.60. The Morgan fingerprint density at radius 2 is 1.84 bits per heavy atom. The highest BCUT2D eigenvalue weighted by Crippen LogP contribution is 2.24. The number of fused-ring (bicyclic) bond motifs is 1. The number of urea groups is 1. The molecule has 1 aromatic heterocycles. The average molecular weight is 361 g/mol. The molecule has 132 valence electrons. The van der Waals surface area contributed by atoms with Gasteiger partial charge in [-0.1, -0.05) is 19.1 Å². The molecule has 1 unspecified atom stereocenters.